The van der Waals surface area contributed by atoms with Crippen LogP contribution in [0.3, 0.4) is 0 Å². The van der Waals surface area contributed by atoms with Gasteiger partial charge in [-0.05, 0) is 47.7 Å². The zero-order valence-corrected chi connectivity index (χ0v) is 17.7. The van der Waals surface area contributed by atoms with E-state index in [4.69, 9.17) is 9.47 Å². The average Bonchev–Trinajstić information content (AvgIpc) is 3.10. The van der Waals surface area contributed by atoms with Crippen molar-refractivity contribution in [2.45, 2.75) is 18.0 Å². The van der Waals surface area contributed by atoms with Crippen LogP contribution in [0.4, 0.5) is 4.39 Å². The molecule has 0 spiro atoms. The molecule has 2 aromatic carbocycles. The summed E-state index contributed by atoms with van der Waals surface area (Å²) in [6.45, 7) is 1.35. The standard InChI is InChI=1S/C18H20FN3O2S.HI/c1-20-18(22-10-13-8-14(19)4-6-17(13)25-2)21-9-12-3-5-15-16(7-12)24-11-23-15;/h3-8H,9-11H2,1-2H3,(H2,20,21,22);1H. The summed E-state index contributed by atoms with van der Waals surface area (Å²) in [6.07, 6.45) is 1.98. The van der Waals surface area contributed by atoms with Crippen molar-refractivity contribution in [2.75, 3.05) is 20.1 Å². The van der Waals surface area contributed by atoms with E-state index in [1.54, 1.807) is 30.9 Å². The molecule has 0 aromatic heterocycles. The van der Waals surface area contributed by atoms with Crippen molar-refractivity contribution in [1.82, 2.24) is 10.6 Å². The number of nitrogens with zero attached hydrogens (tertiary/aromatic N) is 1. The molecule has 0 unspecified atom stereocenters. The maximum Gasteiger partial charge on any atom is 0.231 e. The lowest BCUT2D eigenvalue weighted by molar-refractivity contribution is 0.174. The fourth-order valence-electron chi connectivity index (χ4n) is 2.52. The Morgan fingerprint density at radius 2 is 1.88 bits per heavy atom. The lowest BCUT2D eigenvalue weighted by Crippen LogP contribution is -2.36. The second kappa shape index (κ2) is 9.86. The van der Waals surface area contributed by atoms with Crippen molar-refractivity contribution < 1.29 is 13.9 Å². The molecule has 1 aliphatic rings. The Balaban J connectivity index is 0.00000243. The second-order valence-electron chi connectivity index (χ2n) is 5.42. The number of benzene rings is 2. The molecule has 0 fully saturated rings. The SMILES string of the molecule is CN=C(NCc1ccc2c(c1)OCO2)NCc1cc(F)ccc1SC.I. The Hall–Kier alpha value is -1.68. The monoisotopic (exact) mass is 489 g/mol. The van der Waals surface area contributed by atoms with Crippen LogP contribution < -0.4 is 20.1 Å². The van der Waals surface area contributed by atoms with Gasteiger partial charge in [0.15, 0.2) is 17.5 Å². The fourth-order valence-corrected chi connectivity index (χ4v) is 3.12. The Morgan fingerprint density at radius 1 is 1.12 bits per heavy atom. The highest BCUT2D eigenvalue weighted by Crippen LogP contribution is 2.32. The molecular formula is C18H21FIN3O2S. The third-order valence-corrected chi connectivity index (χ3v) is 4.65. The van der Waals surface area contributed by atoms with Gasteiger partial charge in [-0.1, -0.05) is 6.07 Å². The van der Waals surface area contributed by atoms with Gasteiger partial charge in [0.05, 0.1) is 0 Å². The first-order valence-electron chi connectivity index (χ1n) is 7.85. The number of hydrogen-bond donors (Lipinski definition) is 2. The molecule has 140 valence electrons. The van der Waals surface area contributed by atoms with Crippen LogP contribution in [0.2, 0.25) is 0 Å². The molecule has 0 aliphatic carbocycles. The predicted molar refractivity (Wildman–Crippen MR) is 113 cm³/mol. The van der Waals surface area contributed by atoms with Crippen molar-refractivity contribution in [2.24, 2.45) is 4.99 Å². The predicted octanol–water partition coefficient (Wildman–Crippen LogP) is 3.76. The van der Waals surface area contributed by atoms with Crippen LogP contribution in [0.1, 0.15) is 11.1 Å². The summed E-state index contributed by atoms with van der Waals surface area (Å²) < 4.78 is 24.2. The van der Waals surface area contributed by atoms with Gasteiger partial charge in [-0.3, -0.25) is 4.99 Å². The van der Waals surface area contributed by atoms with E-state index >= 15 is 0 Å². The number of guanidine groups is 1. The smallest absolute Gasteiger partial charge is 0.231 e. The summed E-state index contributed by atoms with van der Waals surface area (Å²) in [5.41, 5.74) is 1.96. The summed E-state index contributed by atoms with van der Waals surface area (Å²) in [7, 11) is 1.70. The minimum atomic E-state index is -0.238. The number of halogens is 2. The highest BCUT2D eigenvalue weighted by atomic mass is 127. The van der Waals surface area contributed by atoms with Gasteiger partial charge >= 0.3 is 0 Å². The van der Waals surface area contributed by atoms with Gasteiger partial charge in [0, 0.05) is 25.0 Å². The molecule has 8 heteroatoms. The molecule has 1 aliphatic heterocycles. The molecule has 0 saturated heterocycles. The van der Waals surface area contributed by atoms with Crippen LogP contribution in [0.5, 0.6) is 11.5 Å². The van der Waals surface area contributed by atoms with Gasteiger partial charge in [-0.2, -0.15) is 0 Å². The molecule has 2 aromatic rings. The summed E-state index contributed by atoms with van der Waals surface area (Å²) in [5, 5.41) is 6.45. The number of rotatable bonds is 5. The van der Waals surface area contributed by atoms with Crippen LogP contribution in [-0.4, -0.2) is 26.1 Å². The zero-order valence-electron chi connectivity index (χ0n) is 14.5. The average molecular weight is 489 g/mol. The Labute approximate surface area is 173 Å². The number of nitrogens with one attached hydrogen (secondary N) is 2. The van der Waals surface area contributed by atoms with Gasteiger partial charge in [-0.25, -0.2) is 4.39 Å². The first kappa shape index (κ1) is 20.6. The molecule has 0 atom stereocenters. The molecule has 0 saturated carbocycles. The number of fused-ring (bicyclic) bond motifs is 1. The largest absolute Gasteiger partial charge is 0.454 e. The fraction of sp³-hybridized carbons (Fsp3) is 0.278. The summed E-state index contributed by atoms with van der Waals surface area (Å²) in [5.74, 6) is 1.93. The van der Waals surface area contributed by atoms with Crippen molar-refractivity contribution in [3.05, 3.63) is 53.3 Å². The second-order valence-corrected chi connectivity index (χ2v) is 6.27. The van der Waals surface area contributed by atoms with E-state index in [1.807, 2.05) is 24.5 Å². The van der Waals surface area contributed by atoms with E-state index in [2.05, 4.69) is 15.6 Å². The molecule has 1 heterocycles. The lowest BCUT2D eigenvalue weighted by atomic mass is 10.2. The number of ether oxygens (including phenoxy) is 2. The van der Waals surface area contributed by atoms with Crippen LogP contribution in [0.15, 0.2) is 46.3 Å². The molecule has 26 heavy (non-hydrogen) atoms. The molecule has 5 nitrogen and oxygen atoms in total. The number of thioether (sulfide) groups is 1. The lowest BCUT2D eigenvalue weighted by Gasteiger charge is -2.14. The molecule has 0 radical (unpaired) electrons. The number of hydrogen-bond acceptors (Lipinski definition) is 4. The van der Waals surface area contributed by atoms with Gasteiger partial charge in [-0.15, -0.1) is 35.7 Å². The normalized spacial score (nSPS) is 12.5. The minimum Gasteiger partial charge on any atom is -0.454 e. The van der Waals surface area contributed by atoms with Gasteiger partial charge < -0.3 is 20.1 Å². The summed E-state index contributed by atoms with van der Waals surface area (Å²) in [6, 6.07) is 10.6. The van der Waals surface area contributed by atoms with Crippen LogP contribution >= 0.6 is 35.7 Å². The molecule has 3 rings (SSSR count). The van der Waals surface area contributed by atoms with Gasteiger partial charge in [0.25, 0.3) is 0 Å². The molecule has 0 amide bonds. The third-order valence-electron chi connectivity index (χ3n) is 3.81. The van der Waals surface area contributed by atoms with E-state index in [0.29, 0.717) is 19.0 Å². The molecule has 0 bridgehead atoms. The topological polar surface area (TPSA) is 54.9 Å². The highest BCUT2D eigenvalue weighted by molar-refractivity contribution is 14.0. The summed E-state index contributed by atoms with van der Waals surface area (Å²) >= 11 is 1.59. The first-order chi connectivity index (χ1) is 12.2. The van der Waals surface area contributed by atoms with E-state index in [-0.39, 0.29) is 36.6 Å². The van der Waals surface area contributed by atoms with Crippen molar-refractivity contribution in [1.29, 1.82) is 0 Å². The minimum absolute atomic E-state index is 0. The van der Waals surface area contributed by atoms with Gasteiger partial charge in [0.2, 0.25) is 6.79 Å². The van der Waals surface area contributed by atoms with E-state index < -0.39 is 0 Å². The van der Waals surface area contributed by atoms with Crippen molar-refractivity contribution in [3.8, 4) is 11.5 Å². The van der Waals surface area contributed by atoms with Crippen LogP contribution in [-0.2, 0) is 13.1 Å². The summed E-state index contributed by atoms with van der Waals surface area (Å²) in [4.78, 5) is 5.25. The first-order valence-corrected chi connectivity index (χ1v) is 9.07. The Kier molecular flexibility index (Phi) is 7.83. The van der Waals surface area contributed by atoms with Gasteiger partial charge in [0.1, 0.15) is 5.82 Å². The van der Waals surface area contributed by atoms with Crippen molar-refractivity contribution in [3.63, 3.8) is 0 Å². The van der Waals surface area contributed by atoms with E-state index in [9.17, 15) is 4.39 Å². The third kappa shape index (κ3) is 5.16. The highest BCUT2D eigenvalue weighted by Gasteiger charge is 2.13. The molecular weight excluding hydrogens is 468 g/mol. The quantitative estimate of drug-likeness (QED) is 0.290. The molecule has 2 N–H and O–H groups in total. The zero-order chi connectivity index (χ0) is 17.6. The Morgan fingerprint density at radius 3 is 2.65 bits per heavy atom. The Bertz CT molecular complexity index is 789. The maximum absolute atomic E-state index is 13.5. The van der Waals surface area contributed by atoms with Crippen LogP contribution in [0, 0.1) is 5.82 Å². The van der Waals surface area contributed by atoms with E-state index in [0.717, 1.165) is 27.5 Å². The van der Waals surface area contributed by atoms with Crippen molar-refractivity contribution >= 4 is 41.7 Å². The number of aliphatic imine (C=N–C) groups is 1. The van der Waals surface area contributed by atoms with E-state index in [1.165, 1.54) is 6.07 Å². The maximum atomic E-state index is 13.5. The van der Waals surface area contributed by atoms with Crippen LogP contribution in [0.25, 0.3) is 0 Å².